The molecule has 4 heteroatoms. The monoisotopic (exact) mass is 229 g/mol. The van der Waals surface area contributed by atoms with Gasteiger partial charge in [0.15, 0.2) is 5.79 Å². The second-order valence-electron chi connectivity index (χ2n) is 4.90. The molecule has 1 aliphatic carbocycles. The van der Waals surface area contributed by atoms with Crippen molar-refractivity contribution in [1.29, 1.82) is 0 Å². The summed E-state index contributed by atoms with van der Waals surface area (Å²) in [6, 6.07) is 0.630. The number of nitrogens with zero attached hydrogens (tertiary/aromatic N) is 1. The van der Waals surface area contributed by atoms with Crippen LogP contribution in [0.25, 0.3) is 0 Å². The standard InChI is InChI=1S/C12H23NO3/c1-13(7-2-8-14)11-3-5-12(6-4-11)15-9-10-16-12/h11,14H,2-10H2,1H3. The molecule has 1 heterocycles. The van der Waals surface area contributed by atoms with Gasteiger partial charge in [-0.05, 0) is 26.3 Å². The van der Waals surface area contributed by atoms with Gasteiger partial charge in [0, 0.05) is 32.0 Å². The van der Waals surface area contributed by atoms with E-state index in [1.54, 1.807) is 0 Å². The lowest BCUT2D eigenvalue weighted by Crippen LogP contribution is -2.43. The lowest BCUT2D eigenvalue weighted by Gasteiger charge is -2.39. The molecule has 0 atom stereocenters. The summed E-state index contributed by atoms with van der Waals surface area (Å²) in [7, 11) is 2.15. The summed E-state index contributed by atoms with van der Waals surface area (Å²) in [5.41, 5.74) is 0. The molecule has 0 bridgehead atoms. The van der Waals surface area contributed by atoms with Gasteiger partial charge in [0.25, 0.3) is 0 Å². The fraction of sp³-hybridized carbons (Fsp3) is 1.00. The van der Waals surface area contributed by atoms with Gasteiger partial charge in [-0.1, -0.05) is 0 Å². The van der Waals surface area contributed by atoms with E-state index in [2.05, 4.69) is 11.9 Å². The highest BCUT2D eigenvalue weighted by Gasteiger charge is 2.40. The van der Waals surface area contributed by atoms with Crippen molar-refractivity contribution in [3.05, 3.63) is 0 Å². The summed E-state index contributed by atoms with van der Waals surface area (Å²) in [5, 5.41) is 8.81. The summed E-state index contributed by atoms with van der Waals surface area (Å²) < 4.78 is 11.4. The molecule has 0 radical (unpaired) electrons. The maximum absolute atomic E-state index is 8.81. The molecule has 0 unspecified atom stereocenters. The van der Waals surface area contributed by atoms with E-state index in [1.807, 2.05) is 0 Å². The van der Waals surface area contributed by atoms with Gasteiger partial charge < -0.3 is 19.5 Å². The fourth-order valence-corrected chi connectivity index (χ4v) is 2.77. The SMILES string of the molecule is CN(CCCO)C1CCC2(CC1)OCCO2. The number of hydrogen-bond acceptors (Lipinski definition) is 4. The van der Waals surface area contributed by atoms with Crippen LogP contribution in [-0.2, 0) is 9.47 Å². The van der Waals surface area contributed by atoms with Gasteiger partial charge in [-0.2, -0.15) is 0 Å². The lowest BCUT2D eigenvalue weighted by atomic mass is 9.89. The Kier molecular flexibility index (Phi) is 4.19. The third-order valence-corrected chi connectivity index (χ3v) is 3.82. The van der Waals surface area contributed by atoms with Gasteiger partial charge in [0.05, 0.1) is 13.2 Å². The van der Waals surface area contributed by atoms with E-state index in [-0.39, 0.29) is 12.4 Å². The first kappa shape index (κ1) is 12.3. The Bertz CT molecular complexity index is 206. The second-order valence-corrected chi connectivity index (χ2v) is 4.90. The van der Waals surface area contributed by atoms with Crippen LogP contribution in [0.2, 0.25) is 0 Å². The Hall–Kier alpha value is -0.160. The molecule has 0 amide bonds. The van der Waals surface area contributed by atoms with Gasteiger partial charge in [-0.15, -0.1) is 0 Å². The first-order valence-corrected chi connectivity index (χ1v) is 6.35. The molecule has 94 valence electrons. The number of aliphatic hydroxyl groups is 1. The Morgan fingerprint density at radius 3 is 2.44 bits per heavy atom. The Balaban J connectivity index is 1.75. The molecule has 1 aliphatic heterocycles. The Morgan fingerprint density at radius 1 is 1.25 bits per heavy atom. The normalized spacial score (nSPS) is 25.7. The minimum atomic E-state index is -0.242. The van der Waals surface area contributed by atoms with Crippen molar-refractivity contribution in [3.63, 3.8) is 0 Å². The highest BCUT2D eigenvalue weighted by atomic mass is 16.7. The van der Waals surface area contributed by atoms with Crippen LogP contribution >= 0.6 is 0 Å². The molecular weight excluding hydrogens is 206 g/mol. The summed E-state index contributed by atoms with van der Waals surface area (Å²) in [6.07, 6.45) is 5.18. The molecule has 0 aromatic carbocycles. The van der Waals surface area contributed by atoms with Crippen molar-refractivity contribution in [2.24, 2.45) is 0 Å². The summed E-state index contributed by atoms with van der Waals surface area (Å²) in [4.78, 5) is 2.36. The molecule has 2 rings (SSSR count). The van der Waals surface area contributed by atoms with E-state index in [4.69, 9.17) is 14.6 Å². The molecular formula is C12H23NO3. The lowest BCUT2D eigenvalue weighted by molar-refractivity contribution is -0.183. The zero-order valence-electron chi connectivity index (χ0n) is 10.2. The predicted octanol–water partition coefficient (Wildman–Crippen LogP) is 0.986. The van der Waals surface area contributed by atoms with Crippen LogP contribution in [0.5, 0.6) is 0 Å². The van der Waals surface area contributed by atoms with Crippen LogP contribution in [0.15, 0.2) is 0 Å². The van der Waals surface area contributed by atoms with Crippen LogP contribution in [0.4, 0.5) is 0 Å². The van der Waals surface area contributed by atoms with E-state index in [9.17, 15) is 0 Å². The van der Waals surface area contributed by atoms with Gasteiger partial charge in [0.2, 0.25) is 0 Å². The van der Waals surface area contributed by atoms with E-state index in [0.29, 0.717) is 6.04 Å². The van der Waals surface area contributed by atoms with Crippen molar-refractivity contribution < 1.29 is 14.6 Å². The molecule has 16 heavy (non-hydrogen) atoms. The molecule has 2 fully saturated rings. The highest BCUT2D eigenvalue weighted by molar-refractivity contribution is 4.85. The molecule has 1 N–H and O–H groups in total. The van der Waals surface area contributed by atoms with Crippen LogP contribution in [0.1, 0.15) is 32.1 Å². The van der Waals surface area contributed by atoms with Crippen molar-refractivity contribution in [1.82, 2.24) is 4.90 Å². The minimum absolute atomic E-state index is 0.242. The fourth-order valence-electron chi connectivity index (χ4n) is 2.77. The van der Waals surface area contributed by atoms with Crippen LogP contribution in [0.3, 0.4) is 0 Å². The Morgan fingerprint density at radius 2 is 1.88 bits per heavy atom. The van der Waals surface area contributed by atoms with E-state index >= 15 is 0 Å². The molecule has 1 saturated heterocycles. The second kappa shape index (κ2) is 5.45. The van der Waals surface area contributed by atoms with Crippen molar-refractivity contribution in [2.45, 2.75) is 43.9 Å². The zero-order chi connectivity index (χ0) is 11.4. The minimum Gasteiger partial charge on any atom is -0.396 e. The van der Waals surface area contributed by atoms with Crippen molar-refractivity contribution in [2.75, 3.05) is 33.4 Å². The number of ether oxygens (including phenoxy) is 2. The summed E-state index contributed by atoms with van der Waals surface area (Å²) >= 11 is 0. The molecule has 4 nitrogen and oxygen atoms in total. The topological polar surface area (TPSA) is 41.9 Å². The summed E-state index contributed by atoms with van der Waals surface area (Å²) in [5.74, 6) is -0.242. The highest BCUT2D eigenvalue weighted by Crippen LogP contribution is 2.36. The average molecular weight is 229 g/mol. The van der Waals surface area contributed by atoms with Crippen LogP contribution in [-0.4, -0.2) is 55.2 Å². The van der Waals surface area contributed by atoms with E-state index < -0.39 is 0 Å². The zero-order valence-corrected chi connectivity index (χ0v) is 10.2. The molecule has 1 saturated carbocycles. The maximum Gasteiger partial charge on any atom is 0.168 e. The van der Waals surface area contributed by atoms with Crippen molar-refractivity contribution >= 4 is 0 Å². The Labute approximate surface area is 97.5 Å². The molecule has 2 aliphatic rings. The van der Waals surface area contributed by atoms with Gasteiger partial charge in [-0.3, -0.25) is 0 Å². The molecule has 1 spiro atoms. The number of rotatable bonds is 4. The molecule has 0 aromatic rings. The smallest absolute Gasteiger partial charge is 0.168 e. The predicted molar refractivity (Wildman–Crippen MR) is 61.2 cm³/mol. The summed E-state index contributed by atoms with van der Waals surface area (Å²) in [6.45, 7) is 2.78. The van der Waals surface area contributed by atoms with Gasteiger partial charge in [0.1, 0.15) is 0 Å². The van der Waals surface area contributed by atoms with Crippen LogP contribution < -0.4 is 0 Å². The largest absolute Gasteiger partial charge is 0.396 e. The van der Waals surface area contributed by atoms with Crippen LogP contribution in [0, 0.1) is 0 Å². The quantitative estimate of drug-likeness (QED) is 0.780. The molecule has 0 aromatic heterocycles. The first-order chi connectivity index (χ1) is 7.76. The third kappa shape index (κ3) is 2.74. The number of hydrogen-bond donors (Lipinski definition) is 1. The first-order valence-electron chi connectivity index (χ1n) is 6.35. The number of aliphatic hydroxyl groups excluding tert-OH is 1. The maximum atomic E-state index is 8.81. The van der Waals surface area contributed by atoms with Crippen molar-refractivity contribution in [3.8, 4) is 0 Å². The average Bonchev–Trinajstić information content (AvgIpc) is 2.75. The third-order valence-electron chi connectivity index (χ3n) is 3.82. The van der Waals surface area contributed by atoms with Gasteiger partial charge in [-0.25, -0.2) is 0 Å². The van der Waals surface area contributed by atoms with Gasteiger partial charge >= 0.3 is 0 Å². The van der Waals surface area contributed by atoms with E-state index in [1.165, 1.54) is 0 Å². The van der Waals surface area contributed by atoms with E-state index in [0.717, 1.165) is 51.9 Å².